The van der Waals surface area contributed by atoms with Crippen LogP contribution in [-0.2, 0) is 9.59 Å². The zero-order valence-electron chi connectivity index (χ0n) is 11.4. The normalized spacial score (nSPS) is 15.1. The number of benzene rings is 1. The number of hydrogen-bond acceptors (Lipinski definition) is 3. The van der Waals surface area contributed by atoms with E-state index in [4.69, 9.17) is 11.6 Å². The van der Waals surface area contributed by atoms with Crippen molar-refractivity contribution in [2.24, 2.45) is 0 Å². The van der Waals surface area contributed by atoms with Gasteiger partial charge in [0.05, 0.1) is 5.69 Å². The molecule has 0 saturated carbocycles. The minimum atomic E-state index is -0.504. The molecule has 1 heterocycles. The third-order valence-corrected chi connectivity index (χ3v) is 3.39. The number of hydrogen-bond donors (Lipinski definition) is 1. The fraction of sp³-hybridized carbons (Fsp3) is 0.200. The fourth-order valence-corrected chi connectivity index (χ4v) is 2.34. The molecule has 0 fully saturated rings. The molecule has 4 nitrogen and oxygen atoms in total. The molecule has 2 amide bonds. The van der Waals surface area contributed by atoms with Crippen LogP contribution in [0.25, 0.3) is 0 Å². The molecule has 1 aliphatic heterocycles. The van der Waals surface area contributed by atoms with Gasteiger partial charge in [0.15, 0.2) is 0 Å². The second kappa shape index (κ2) is 5.51. The van der Waals surface area contributed by atoms with E-state index in [0.717, 1.165) is 16.0 Å². The van der Waals surface area contributed by atoms with E-state index >= 15 is 0 Å². The van der Waals surface area contributed by atoms with Gasteiger partial charge in [0.1, 0.15) is 10.7 Å². The van der Waals surface area contributed by atoms with Crippen molar-refractivity contribution in [1.82, 2.24) is 5.32 Å². The van der Waals surface area contributed by atoms with Crippen LogP contribution >= 0.6 is 11.6 Å². The second-order valence-electron chi connectivity index (χ2n) is 4.59. The minimum Gasteiger partial charge on any atom is -0.376 e. The van der Waals surface area contributed by atoms with Gasteiger partial charge in [-0.3, -0.25) is 9.59 Å². The zero-order valence-corrected chi connectivity index (χ0v) is 12.1. The Bertz CT molecular complexity index is 635. The van der Waals surface area contributed by atoms with Crippen LogP contribution in [0.15, 0.2) is 41.6 Å². The Kier molecular flexibility index (Phi) is 3.95. The smallest absolute Gasteiger partial charge is 0.283 e. The van der Waals surface area contributed by atoms with Crippen molar-refractivity contribution in [3.8, 4) is 0 Å². The zero-order chi connectivity index (χ0) is 14.9. The highest BCUT2D eigenvalue weighted by Gasteiger charge is 2.39. The molecule has 5 heteroatoms. The topological polar surface area (TPSA) is 49.4 Å². The Hall–Kier alpha value is -2.07. The van der Waals surface area contributed by atoms with Gasteiger partial charge in [-0.1, -0.05) is 35.4 Å². The standard InChI is InChI=1S/C15H15ClN2O2/c1-4-7-17-13-12(16)14(19)18(15(13)20)11-6-5-9(2)8-10(11)3/h4-6,8,17H,1,7H2,2-3H3. The van der Waals surface area contributed by atoms with Gasteiger partial charge in [-0.05, 0) is 25.5 Å². The van der Waals surface area contributed by atoms with E-state index in [1.54, 1.807) is 12.1 Å². The molecule has 0 saturated heterocycles. The molecular weight excluding hydrogens is 276 g/mol. The first-order chi connectivity index (χ1) is 9.47. The molecule has 1 aromatic rings. The lowest BCUT2D eigenvalue weighted by atomic mass is 10.1. The van der Waals surface area contributed by atoms with Gasteiger partial charge in [-0.25, -0.2) is 4.90 Å². The molecule has 2 rings (SSSR count). The van der Waals surface area contributed by atoms with E-state index in [1.807, 2.05) is 26.0 Å². The maximum absolute atomic E-state index is 12.3. The number of aryl methyl sites for hydroxylation is 2. The van der Waals surface area contributed by atoms with Crippen molar-refractivity contribution in [2.45, 2.75) is 13.8 Å². The van der Waals surface area contributed by atoms with Gasteiger partial charge in [0.2, 0.25) is 0 Å². The van der Waals surface area contributed by atoms with Gasteiger partial charge in [0, 0.05) is 6.54 Å². The van der Waals surface area contributed by atoms with Crippen LogP contribution in [-0.4, -0.2) is 18.4 Å². The minimum absolute atomic E-state index is 0.0863. The van der Waals surface area contributed by atoms with Crippen LogP contribution in [0.4, 0.5) is 5.69 Å². The predicted octanol–water partition coefficient (Wildman–Crippen LogP) is 2.40. The number of halogens is 1. The van der Waals surface area contributed by atoms with E-state index in [0.29, 0.717) is 12.2 Å². The van der Waals surface area contributed by atoms with Crippen molar-refractivity contribution >= 4 is 29.1 Å². The monoisotopic (exact) mass is 290 g/mol. The Morgan fingerprint density at radius 2 is 2.00 bits per heavy atom. The number of nitrogens with one attached hydrogen (secondary N) is 1. The number of carbonyl (C=O) groups excluding carboxylic acids is 2. The van der Waals surface area contributed by atoms with Crippen molar-refractivity contribution in [3.05, 3.63) is 52.7 Å². The molecule has 0 aliphatic carbocycles. The van der Waals surface area contributed by atoms with Crippen molar-refractivity contribution in [1.29, 1.82) is 0 Å². The summed E-state index contributed by atoms with van der Waals surface area (Å²) in [6, 6.07) is 5.52. The third-order valence-electron chi connectivity index (χ3n) is 3.04. The Morgan fingerprint density at radius 1 is 1.30 bits per heavy atom. The number of anilines is 1. The Balaban J connectivity index is 2.39. The van der Waals surface area contributed by atoms with Gasteiger partial charge >= 0.3 is 0 Å². The molecule has 0 unspecified atom stereocenters. The average Bonchev–Trinajstić information content (AvgIpc) is 2.60. The summed E-state index contributed by atoms with van der Waals surface area (Å²) in [6.45, 7) is 7.72. The summed E-state index contributed by atoms with van der Waals surface area (Å²) >= 11 is 5.96. The third kappa shape index (κ3) is 2.34. The largest absolute Gasteiger partial charge is 0.376 e. The van der Waals surface area contributed by atoms with E-state index in [2.05, 4.69) is 11.9 Å². The summed E-state index contributed by atoms with van der Waals surface area (Å²) in [6.07, 6.45) is 1.59. The SMILES string of the molecule is C=CCNC1=C(Cl)C(=O)N(c2ccc(C)cc2C)C1=O. The van der Waals surface area contributed by atoms with Gasteiger partial charge in [-0.2, -0.15) is 0 Å². The number of rotatable bonds is 4. The highest BCUT2D eigenvalue weighted by Crippen LogP contribution is 2.30. The number of nitrogens with zero attached hydrogens (tertiary/aromatic N) is 1. The Labute approximate surface area is 122 Å². The summed E-state index contributed by atoms with van der Waals surface area (Å²) < 4.78 is 0. The molecule has 0 bridgehead atoms. The number of amides is 2. The van der Waals surface area contributed by atoms with E-state index in [-0.39, 0.29) is 10.7 Å². The van der Waals surface area contributed by atoms with Crippen molar-refractivity contribution in [3.63, 3.8) is 0 Å². The van der Waals surface area contributed by atoms with E-state index in [1.165, 1.54) is 0 Å². The molecular formula is C15H15ClN2O2. The summed E-state index contributed by atoms with van der Waals surface area (Å²) in [5, 5.41) is 2.72. The molecule has 1 N–H and O–H groups in total. The molecule has 20 heavy (non-hydrogen) atoms. The Morgan fingerprint density at radius 3 is 2.60 bits per heavy atom. The molecule has 0 atom stereocenters. The summed E-state index contributed by atoms with van der Waals surface area (Å²) in [5.74, 6) is -0.941. The number of carbonyl (C=O) groups is 2. The van der Waals surface area contributed by atoms with Crippen LogP contribution in [0.3, 0.4) is 0 Å². The highest BCUT2D eigenvalue weighted by molar-refractivity contribution is 6.52. The van der Waals surface area contributed by atoms with Crippen molar-refractivity contribution < 1.29 is 9.59 Å². The molecule has 0 spiro atoms. The lowest BCUT2D eigenvalue weighted by molar-refractivity contribution is -0.120. The first-order valence-corrected chi connectivity index (χ1v) is 6.55. The molecule has 1 aromatic carbocycles. The fourth-order valence-electron chi connectivity index (χ4n) is 2.11. The van der Waals surface area contributed by atoms with E-state index < -0.39 is 11.8 Å². The van der Waals surface area contributed by atoms with Gasteiger partial charge < -0.3 is 5.32 Å². The van der Waals surface area contributed by atoms with Crippen LogP contribution in [0, 0.1) is 13.8 Å². The van der Waals surface area contributed by atoms with Crippen LogP contribution in [0.2, 0.25) is 0 Å². The van der Waals surface area contributed by atoms with Crippen molar-refractivity contribution in [2.75, 3.05) is 11.4 Å². The van der Waals surface area contributed by atoms with E-state index in [9.17, 15) is 9.59 Å². The quantitative estimate of drug-likeness (QED) is 0.684. The maximum Gasteiger partial charge on any atom is 0.283 e. The average molecular weight is 291 g/mol. The summed E-state index contributed by atoms with van der Waals surface area (Å²) in [4.78, 5) is 25.6. The predicted molar refractivity (Wildman–Crippen MR) is 79.5 cm³/mol. The summed E-state index contributed by atoms with van der Waals surface area (Å²) in [5.41, 5.74) is 2.59. The second-order valence-corrected chi connectivity index (χ2v) is 4.97. The molecule has 1 aliphatic rings. The van der Waals surface area contributed by atoms with Gasteiger partial charge in [0.25, 0.3) is 11.8 Å². The lowest BCUT2D eigenvalue weighted by Gasteiger charge is -2.17. The molecule has 0 radical (unpaired) electrons. The highest BCUT2D eigenvalue weighted by atomic mass is 35.5. The molecule has 0 aromatic heterocycles. The van der Waals surface area contributed by atoms with Crippen LogP contribution in [0.1, 0.15) is 11.1 Å². The lowest BCUT2D eigenvalue weighted by Crippen LogP contribution is -2.34. The summed E-state index contributed by atoms with van der Waals surface area (Å²) in [7, 11) is 0. The molecule has 104 valence electrons. The van der Waals surface area contributed by atoms with Crippen LogP contribution in [0.5, 0.6) is 0 Å². The van der Waals surface area contributed by atoms with Gasteiger partial charge in [-0.15, -0.1) is 6.58 Å². The van der Waals surface area contributed by atoms with Crippen LogP contribution < -0.4 is 10.2 Å². The first-order valence-electron chi connectivity index (χ1n) is 6.18. The maximum atomic E-state index is 12.3. The number of imide groups is 1. The first kappa shape index (κ1) is 14.3.